The molecule has 2 saturated carbocycles. The summed E-state index contributed by atoms with van der Waals surface area (Å²) in [6.45, 7) is 0. The van der Waals surface area contributed by atoms with Gasteiger partial charge in [0, 0.05) is 18.5 Å². The SMILES string of the molecule is O=C(O)CCCC=CC1C(=CNS(=O)(=O)CCc2cccc(C(F)(F)F)c2)C2CCC1C2. The normalized spacial score (nSPS) is 24.5. The van der Waals surface area contributed by atoms with Crippen LogP contribution in [0, 0.1) is 17.8 Å². The first-order valence-electron chi connectivity index (χ1n) is 10.8. The molecule has 2 aliphatic carbocycles. The van der Waals surface area contributed by atoms with Crippen molar-refractivity contribution in [2.75, 3.05) is 5.75 Å². The fourth-order valence-corrected chi connectivity index (χ4v) is 5.60. The number of sulfonamides is 1. The van der Waals surface area contributed by atoms with Crippen LogP contribution in [0.1, 0.15) is 49.7 Å². The van der Waals surface area contributed by atoms with Crippen molar-refractivity contribution in [1.82, 2.24) is 4.72 Å². The lowest BCUT2D eigenvalue weighted by Crippen LogP contribution is -2.24. The van der Waals surface area contributed by atoms with Crippen LogP contribution in [0.2, 0.25) is 0 Å². The van der Waals surface area contributed by atoms with Crippen molar-refractivity contribution < 1.29 is 31.5 Å². The molecule has 3 unspecified atom stereocenters. The maximum Gasteiger partial charge on any atom is 0.416 e. The number of rotatable bonds is 10. The third-order valence-electron chi connectivity index (χ3n) is 6.26. The Labute approximate surface area is 186 Å². The standard InChI is InChI=1S/C23H28F3NO4S/c24-23(25,26)19-6-4-5-16(13-19)11-12-32(30,31)27-15-21-18-10-9-17(14-18)20(21)7-2-1-3-8-22(28)29/h2,4-7,13,15,17-18,20,27H,1,3,8-12,14H2,(H,28,29). The number of aryl methyl sites for hydroxylation is 1. The molecule has 5 nitrogen and oxygen atoms in total. The highest BCUT2D eigenvalue weighted by Gasteiger charge is 2.42. The van der Waals surface area contributed by atoms with E-state index in [2.05, 4.69) is 10.8 Å². The number of halogens is 3. The number of fused-ring (bicyclic) bond motifs is 2. The van der Waals surface area contributed by atoms with Gasteiger partial charge in [-0.3, -0.25) is 9.52 Å². The number of allylic oxidation sites excluding steroid dienone is 3. The number of hydrogen-bond acceptors (Lipinski definition) is 3. The first-order valence-corrected chi connectivity index (χ1v) is 12.4. The molecular formula is C23H28F3NO4S. The van der Waals surface area contributed by atoms with Gasteiger partial charge in [0.15, 0.2) is 0 Å². The maximum absolute atomic E-state index is 12.8. The summed E-state index contributed by atoms with van der Waals surface area (Å²) in [4.78, 5) is 10.6. The summed E-state index contributed by atoms with van der Waals surface area (Å²) in [7, 11) is -3.69. The third kappa shape index (κ3) is 6.60. The van der Waals surface area contributed by atoms with Gasteiger partial charge in [-0.15, -0.1) is 0 Å². The van der Waals surface area contributed by atoms with Crippen LogP contribution in [-0.2, 0) is 27.4 Å². The fraction of sp³-hybridized carbons (Fsp3) is 0.522. The summed E-state index contributed by atoms with van der Waals surface area (Å²) < 4.78 is 66.0. The molecule has 32 heavy (non-hydrogen) atoms. The Bertz CT molecular complexity index is 985. The van der Waals surface area contributed by atoms with E-state index in [0.29, 0.717) is 30.2 Å². The Morgan fingerprint density at radius 3 is 2.75 bits per heavy atom. The van der Waals surface area contributed by atoms with E-state index in [-0.39, 0.29) is 24.5 Å². The molecule has 2 fully saturated rings. The van der Waals surface area contributed by atoms with Gasteiger partial charge in [-0.1, -0.05) is 30.4 Å². The predicted octanol–water partition coefficient (Wildman–Crippen LogP) is 4.91. The van der Waals surface area contributed by atoms with Crippen LogP contribution in [0.3, 0.4) is 0 Å². The van der Waals surface area contributed by atoms with Gasteiger partial charge in [0.1, 0.15) is 0 Å². The molecule has 0 heterocycles. The van der Waals surface area contributed by atoms with Crippen LogP contribution in [0.25, 0.3) is 0 Å². The largest absolute Gasteiger partial charge is 0.481 e. The van der Waals surface area contributed by atoms with Gasteiger partial charge < -0.3 is 5.11 Å². The Hall–Kier alpha value is -2.29. The van der Waals surface area contributed by atoms with Crippen LogP contribution >= 0.6 is 0 Å². The monoisotopic (exact) mass is 471 g/mol. The van der Waals surface area contributed by atoms with Gasteiger partial charge in [-0.2, -0.15) is 13.2 Å². The zero-order valence-electron chi connectivity index (χ0n) is 17.6. The Balaban J connectivity index is 1.59. The lowest BCUT2D eigenvalue weighted by Gasteiger charge is -2.22. The molecule has 0 aromatic heterocycles. The van der Waals surface area contributed by atoms with Crippen molar-refractivity contribution in [2.24, 2.45) is 17.8 Å². The minimum absolute atomic E-state index is 0.0125. The quantitative estimate of drug-likeness (QED) is 0.375. The van der Waals surface area contributed by atoms with Gasteiger partial charge >= 0.3 is 12.1 Å². The molecule has 0 radical (unpaired) electrons. The van der Waals surface area contributed by atoms with Gasteiger partial charge in [0.05, 0.1) is 11.3 Å². The first-order chi connectivity index (χ1) is 15.0. The van der Waals surface area contributed by atoms with E-state index in [9.17, 15) is 26.4 Å². The van der Waals surface area contributed by atoms with Gasteiger partial charge in [0.2, 0.25) is 10.0 Å². The van der Waals surface area contributed by atoms with Crippen LogP contribution < -0.4 is 4.72 Å². The van der Waals surface area contributed by atoms with E-state index < -0.39 is 27.7 Å². The number of carbonyl (C=O) groups is 1. The summed E-state index contributed by atoms with van der Waals surface area (Å²) >= 11 is 0. The highest BCUT2D eigenvalue weighted by molar-refractivity contribution is 7.89. The Kier molecular flexibility index (Phi) is 7.69. The summed E-state index contributed by atoms with van der Waals surface area (Å²) in [6.07, 6.45) is 5.61. The molecule has 0 saturated heterocycles. The van der Waals surface area contributed by atoms with Crippen molar-refractivity contribution in [3.8, 4) is 0 Å². The molecule has 2 N–H and O–H groups in total. The van der Waals surface area contributed by atoms with Crippen molar-refractivity contribution in [3.05, 3.63) is 59.3 Å². The predicted molar refractivity (Wildman–Crippen MR) is 115 cm³/mol. The van der Waals surface area contributed by atoms with Crippen molar-refractivity contribution >= 4 is 16.0 Å². The summed E-state index contributed by atoms with van der Waals surface area (Å²) in [5.41, 5.74) is 0.570. The second kappa shape index (κ2) is 10.1. The molecule has 0 aliphatic heterocycles. The number of carboxylic acid groups (broad SMARTS) is 1. The van der Waals surface area contributed by atoms with Crippen LogP contribution in [0.4, 0.5) is 13.2 Å². The molecule has 1 aromatic rings. The van der Waals surface area contributed by atoms with Gasteiger partial charge in [0.25, 0.3) is 0 Å². The number of aliphatic carboxylic acids is 1. The number of carboxylic acids is 1. The minimum atomic E-state index is -4.46. The van der Waals surface area contributed by atoms with E-state index >= 15 is 0 Å². The second-order valence-electron chi connectivity index (χ2n) is 8.54. The van der Waals surface area contributed by atoms with Gasteiger partial charge in [-0.05, 0) is 67.6 Å². The second-order valence-corrected chi connectivity index (χ2v) is 10.4. The van der Waals surface area contributed by atoms with Crippen molar-refractivity contribution in [3.63, 3.8) is 0 Å². The summed E-state index contributed by atoms with van der Waals surface area (Å²) in [5, 5.41) is 8.72. The van der Waals surface area contributed by atoms with Crippen molar-refractivity contribution in [2.45, 2.75) is 51.1 Å². The molecule has 3 rings (SSSR count). The fourth-order valence-electron chi connectivity index (χ4n) is 4.66. The van der Waals surface area contributed by atoms with Crippen molar-refractivity contribution in [1.29, 1.82) is 0 Å². The minimum Gasteiger partial charge on any atom is -0.481 e. The topological polar surface area (TPSA) is 83.5 Å². The van der Waals surface area contributed by atoms with Gasteiger partial charge in [-0.25, -0.2) is 8.42 Å². The zero-order chi connectivity index (χ0) is 23.4. The Morgan fingerprint density at radius 1 is 1.25 bits per heavy atom. The molecule has 176 valence electrons. The molecule has 0 amide bonds. The van der Waals surface area contributed by atoms with E-state index in [0.717, 1.165) is 37.0 Å². The van der Waals surface area contributed by atoms with Crippen LogP contribution in [-0.4, -0.2) is 25.2 Å². The van der Waals surface area contributed by atoms with E-state index in [1.54, 1.807) is 6.20 Å². The average Bonchev–Trinajstić information content (AvgIpc) is 3.32. The molecule has 9 heteroatoms. The maximum atomic E-state index is 12.8. The highest BCUT2D eigenvalue weighted by atomic mass is 32.2. The smallest absolute Gasteiger partial charge is 0.416 e. The Morgan fingerprint density at radius 2 is 2.03 bits per heavy atom. The number of unbranched alkanes of at least 4 members (excludes halogenated alkanes) is 1. The summed E-state index contributed by atoms with van der Waals surface area (Å²) in [5.74, 6) is -0.179. The van der Waals surface area contributed by atoms with Crippen LogP contribution in [0.15, 0.2) is 48.2 Å². The lowest BCUT2D eigenvalue weighted by atomic mass is 9.84. The average molecular weight is 472 g/mol. The molecule has 2 aliphatic rings. The lowest BCUT2D eigenvalue weighted by molar-refractivity contribution is -0.138. The molecule has 1 aromatic carbocycles. The molecule has 2 bridgehead atoms. The molecular weight excluding hydrogens is 443 g/mol. The van der Waals surface area contributed by atoms with E-state index in [1.165, 1.54) is 12.1 Å². The molecule has 0 spiro atoms. The summed E-state index contributed by atoms with van der Waals surface area (Å²) in [6, 6.07) is 4.72. The highest BCUT2D eigenvalue weighted by Crippen LogP contribution is 2.52. The first kappa shape index (κ1) is 24.4. The zero-order valence-corrected chi connectivity index (χ0v) is 18.5. The van der Waals surface area contributed by atoms with Crippen LogP contribution in [0.5, 0.6) is 0 Å². The van der Waals surface area contributed by atoms with E-state index in [1.807, 2.05) is 6.08 Å². The number of nitrogens with one attached hydrogen (secondary N) is 1. The number of benzene rings is 1. The number of hydrogen-bond donors (Lipinski definition) is 2. The third-order valence-corrected chi connectivity index (χ3v) is 7.48. The molecule has 3 atom stereocenters. The number of alkyl halides is 3. The van der Waals surface area contributed by atoms with E-state index in [4.69, 9.17) is 5.11 Å².